The first-order chi connectivity index (χ1) is 16.6. The van der Waals surface area contributed by atoms with Crippen molar-refractivity contribution in [2.24, 2.45) is 23.7 Å². The standard InChI is InChI=1S/C30H23NO3/c1-18(32)19-12-14-22(15-13-19)31-29(33)27-23-16-17-24(28(27)30(31)34)26(23)25(20-8-4-2-5-9-20)21-10-6-3-7-11-21/h2-17,23-24,27-28H,1H3/t23-,24+,27-,28-/m0/s1. The van der Waals surface area contributed by atoms with Gasteiger partial charge in [-0.3, -0.25) is 14.4 Å². The molecule has 34 heavy (non-hydrogen) atoms. The Bertz CT molecular complexity index is 1290. The van der Waals surface area contributed by atoms with Crippen molar-refractivity contribution in [3.63, 3.8) is 0 Å². The highest BCUT2D eigenvalue weighted by Gasteiger charge is 2.62. The Morgan fingerprint density at radius 2 is 1.12 bits per heavy atom. The van der Waals surface area contributed by atoms with Crippen molar-refractivity contribution in [1.82, 2.24) is 0 Å². The minimum Gasteiger partial charge on any atom is -0.295 e. The number of carbonyl (C=O) groups is 3. The molecule has 0 aromatic heterocycles. The van der Waals surface area contributed by atoms with E-state index in [9.17, 15) is 14.4 Å². The normalized spacial score (nSPS) is 24.6. The van der Waals surface area contributed by atoms with Crippen molar-refractivity contribution >= 4 is 28.9 Å². The molecule has 3 aromatic carbocycles. The average molecular weight is 446 g/mol. The summed E-state index contributed by atoms with van der Waals surface area (Å²) >= 11 is 0. The highest BCUT2D eigenvalue weighted by molar-refractivity contribution is 6.23. The first-order valence-corrected chi connectivity index (χ1v) is 11.6. The monoisotopic (exact) mass is 445 g/mol. The van der Waals surface area contributed by atoms with E-state index in [0.717, 1.165) is 16.7 Å². The Morgan fingerprint density at radius 1 is 0.647 bits per heavy atom. The van der Waals surface area contributed by atoms with E-state index in [2.05, 4.69) is 36.4 Å². The van der Waals surface area contributed by atoms with Gasteiger partial charge in [0.05, 0.1) is 17.5 Å². The third kappa shape index (κ3) is 2.95. The van der Waals surface area contributed by atoms with Crippen LogP contribution in [0.3, 0.4) is 0 Å². The van der Waals surface area contributed by atoms with Crippen LogP contribution in [0.1, 0.15) is 28.4 Å². The summed E-state index contributed by atoms with van der Waals surface area (Å²) in [5.74, 6) is -1.36. The van der Waals surface area contributed by atoms with Crippen LogP contribution in [0, 0.1) is 23.7 Å². The van der Waals surface area contributed by atoms with Gasteiger partial charge in [-0.05, 0) is 53.5 Å². The Labute approximate surface area is 198 Å². The summed E-state index contributed by atoms with van der Waals surface area (Å²) in [6, 6.07) is 27.2. The number of amides is 2. The van der Waals surface area contributed by atoms with Crippen LogP contribution < -0.4 is 4.90 Å². The molecular formula is C30H23NO3. The van der Waals surface area contributed by atoms with Gasteiger partial charge in [-0.15, -0.1) is 0 Å². The van der Waals surface area contributed by atoms with Crippen molar-refractivity contribution in [3.8, 4) is 0 Å². The van der Waals surface area contributed by atoms with Gasteiger partial charge in [0.25, 0.3) is 0 Å². The average Bonchev–Trinajstić information content (AvgIpc) is 3.50. The number of carbonyl (C=O) groups excluding carboxylic acids is 3. The summed E-state index contributed by atoms with van der Waals surface area (Å²) in [5.41, 5.74) is 5.57. The predicted octanol–water partition coefficient (Wildman–Crippen LogP) is 5.31. The maximum absolute atomic E-state index is 13.6. The molecule has 3 aromatic rings. The number of Topliss-reactive ketones (excluding diaryl/α,β-unsaturated/α-hetero) is 1. The van der Waals surface area contributed by atoms with Gasteiger partial charge in [-0.2, -0.15) is 0 Å². The molecule has 1 saturated carbocycles. The van der Waals surface area contributed by atoms with E-state index in [0.29, 0.717) is 11.3 Å². The molecule has 0 radical (unpaired) electrons. The van der Waals surface area contributed by atoms with E-state index in [1.165, 1.54) is 17.4 Å². The summed E-state index contributed by atoms with van der Waals surface area (Å²) < 4.78 is 0. The van der Waals surface area contributed by atoms with Crippen LogP contribution in [-0.4, -0.2) is 17.6 Å². The summed E-state index contributed by atoms with van der Waals surface area (Å²) in [5, 5.41) is 0. The molecule has 3 aliphatic rings. The number of hydrogen-bond donors (Lipinski definition) is 0. The molecule has 4 nitrogen and oxygen atoms in total. The second-order valence-corrected chi connectivity index (χ2v) is 9.17. The van der Waals surface area contributed by atoms with Gasteiger partial charge in [0.2, 0.25) is 11.8 Å². The SMILES string of the molecule is CC(=O)c1ccc(N2C(=O)[C@@H]3[C@@H](C2=O)[C@H]2C=C[C@@H]3C2=C(c2ccccc2)c2ccccc2)cc1. The summed E-state index contributed by atoms with van der Waals surface area (Å²) in [6.45, 7) is 1.50. The van der Waals surface area contributed by atoms with Gasteiger partial charge < -0.3 is 0 Å². The van der Waals surface area contributed by atoms with Crippen LogP contribution in [0.4, 0.5) is 5.69 Å². The third-order valence-corrected chi connectivity index (χ3v) is 7.36. The summed E-state index contributed by atoms with van der Waals surface area (Å²) in [4.78, 5) is 40.2. The Morgan fingerprint density at radius 3 is 1.56 bits per heavy atom. The van der Waals surface area contributed by atoms with Gasteiger partial charge in [0.15, 0.2) is 5.78 Å². The maximum atomic E-state index is 13.6. The van der Waals surface area contributed by atoms with Crippen molar-refractivity contribution in [3.05, 3.63) is 119 Å². The number of allylic oxidation sites excluding steroid dienone is 3. The second-order valence-electron chi connectivity index (χ2n) is 9.17. The number of hydrogen-bond acceptors (Lipinski definition) is 3. The summed E-state index contributed by atoms with van der Waals surface area (Å²) in [6.07, 6.45) is 4.22. The van der Waals surface area contributed by atoms with Crippen LogP contribution in [-0.2, 0) is 9.59 Å². The Balaban J connectivity index is 1.44. The molecule has 4 heteroatoms. The maximum Gasteiger partial charge on any atom is 0.238 e. The van der Waals surface area contributed by atoms with E-state index in [4.69, 9.17) is 0 Å². The minimum atomic E-state index is -0.396. The first-order valence-electron chi connectivity index (χ1n) is 11.6. The number of imide groups is 1. The van der Waals surface area contributed by atoms with Crippen molar-refractivity contribution in [2.75, 3.05) is 4.90 Å². The lowest BCUT2D eigenvalue weighted by Crippen LogP contribution is -2.33. The topological polar surface area (TPSA) is 54.5 Å². The number of ketones is 1. The fourth-order valence-electron chi connectivity index (χ4n) is 5.91. The molecule has 2 aliphatic carbocycles. The smallest absolute Gasteiger partial charge is 0.238 e. The highest BCUT2D eigenvalue weighted by Crippen LogP contribution is 2.58. The van der Waals surface area contributed by atoms with Crippen LogP contribution in [0.5, 0.6) is 0 Å². The number of nitrogens with zero attached hydrogens (tertiary/aromatic N) is 1. The van der Waals surface area contributed by atoms with Gasteiger partial charge in [-0.25, -0.2) is 4.90 Å². The lowest BCUT2D eigenvalue weighted by molar-refractivity contribution is -0.122. The molecule has 2 amide bonds. The lowest BCUT2D eigenvalue weighted by atomic mass is 9.85. The molecule has 1 aliphatic heterocycles. The molecule has 166 valence electrons. The zero-order valence-electron chi connectivity index (χ0n) is 18.7. The summed E-state index contributed by atoms with van der Waals surface area (Å²) in [7, 11) is 0. The largest absolute Gasteiger partial charge is 0.295 e. The Kier molecular flexibility index (Phi) is 4.70. The van der Waals surface area contributed by atoms with E-state index < -0.39 is 11.8 Å². The molecule has 4 atom stereocenters. The minimum absolute atomic E-state index is 0.0473. The quantitative estimate of drug-likeness (QED) is 0.311. The van der Waals surface area contributed by atoms with E-state index in [1.807, 2.05) is 36.4 Å². The van der Waals surface area contributed by atoms with Crippen molar-refractivity contribution < 1.29 is 14.4 Å². The highest BCUT2D eigenvalue weighted by atomic mass is 16.2. The van der Waals surface area contributed by atoms with Crippen LogP contribution in [0.15, 0.2) is 103 Å². The zero-order chi connectivity index (χ0) is 23.4. The van der Waals surface area contributed by atoms with Crippen LogP contribution in [0.2, 0.25) is 0 Å². The zero-order valence-corrected chi connectivity index (χ0v) is 18.7. The molecule has 2 fully saturated rings. The van der Waals surface area contributed by atoms with Gasteiger partial charge in [0.1, 0.15) is 0 Å². The molecule has 1 saturated heterocycles. The number of fused-ring (bicyclic) bond motifs is 5. The van der Waals surface area contributed by atoms with Gasteiger partial charge >= 0.3 is 0 Å². The fraction of sp³-hybridized carbons (Fsp3) is 0.167. The van der Waals surface area contributed by atoms with Gasteiger partial charge in [-0.1, -0.05) is 72.8 Å². The third-order valence-electron chi connectivity index (χ3n) is 7.36. The van der Waals surface area contributed by atoms with E-state index >= 15 is 0 Å². The van der Waals surface area contributed by atoms with Gasteiger partial charge in [0, 0.05) is 17.4 Å². The molecule has 0 spiro atoms. The lowest BCUT2D eigenvalue weighted by Gasteiger charge is -2.21. The number of rotatable bonds is 4. The van der Waals surface area contributed by atoms with Crippen molar-refractivity contribution in [1.29, 1.82) is 0 Å². The molecule has 0 N–H and O–H groups in total. The van der Waals surface area contributed by atoms with E-state index in [-0.39, 0.29) is 29.4 Å². The molecule has 2 bridgehead atoms. The fourth-order valence-corrected chi connectivity index (χ4v) is 5.91. The van der Waals surface area contributed by atoms with Crippen LogP contribution >= 0.6 is 0 Å². The molecule has 1 heterocycles. The number of benzene rings is 3. The van der Waals surface area contributed by atoms with E-state index in [1.54, 1.807) is 24.3 Å². The number of anilines is 1. The Hall–Kier alpha value is -4.05. The first kappa shape index (κ1) is 20.5. The predicted molar refractivity (Wildman–Crippen MR) is 131 cm³/mol. The second kappa shape index (κ2) is 7.77. The van der Waals surface area contributed by atoms with Crippen molar-refractivity contribution in [2.45, 2.75) is 6.92 Å². The molecule has 6 rings (SSSR count). The molecule has 0 unspecified atom stereocenters. The molecular weight excluding hydrogens is 422 g/mol. The van der Waals surface area contributed by atoms with Crippen LogP contribution in [0.25, 0.3) is 5.57 Å².